The van der Waals surface area contributed by atoms with Gasteiger partial charge in [-0.3, -0.25) is 4.79 Å². The van der Waals surface area contributed by atoms with Crippen molar-refractivity contribution < 1.29 is 4.79 Å². The Morgan fingerprint density at radius 3 is 3.14 bits per heavy atom. The van der Waals surface area contributed by atoms with Crippen LogP contribution in [-0.2, 0) is 11.2 Å². The van der Waals surface area contributed by atoms with Crippen LogP contribution in [-0.4, -0.2) is 12.5 Å². The van der Waals surface area contributed by atoms with Crippen molar-refractivity contribution in [2.24, 2.45) is 0 Å². The zero-order chi connectivity index (χ0) is 14.7. The average Bonchev–Trinajstić information content (AvgIpc) is 2.94. The fourth-order valence-corrected chi connectivity index (χ4v) is 4.07. The molecule has 1 amide bonds. The molecule has 0 bridgehead atoms. The number of halogens is 1. The molecular formula is C16H17BrN2OS. The minimum atomic E-state index is -0.00421. The van der Waals surface area contributed by atoms with Gasteiger partial charge in [0.1, 0.15) is 0 Å². The van der Waals surface area contributed by atoms with Gasteiger partial charge < -0.3 is 10.6 Å². The molecule has 1 aliphatic rings. The standard InChI is InChI=1S/C16H17BrN2OS/c17-11-3-1-4-12(9-11)19-16(20)10-18-14-5-2-6-15-13(14)7-8-21-15/h1,3-4,7-9,14,18H,2,5-6,10H2,(H,19,20). The molecule has 0 saturated heterocycles. The van der Waals surface area contributed by atoms with E-state index < -0.39 is 0 Å². The number of nitrogens with one attached hydrogen (secondary N) is 2. The fourth-order valence-electron chi connectivity index (χ4n) is 2.69. The number of rotatable bonds is 4. The van der Waals surface area contributed by atoms with Gasteiger partial charge in [0.05, 0.1) is 6.54 Å². The molecule has 21 heavy (non-hydrogen) atoms. The molecule has 1 aromatic heterocycles. The van der Waals surface area contributed by atoms with Crippen molar-refractivity contribution in [2.45, 2.75) is 25.3 Å². The minimum absolute atomic E-state index is 0.00421. The quantitative estimate of drug-likeness (QED) is 0.856. The van der Waals surface area contributed by atoms with Gasteiger partial charge in [0.25, 0.3) is 0 Å². The lowest BCUT2D eigenvalue weighted by Crippen LogP contribution is -2.32. The van der Waals surface area contributed by atoms with Crippen LogP contribution in [0.1, 0.15) is 29.3 Å². The first-order valence-electron chi connectivity index (χ1n) is 7.07. The maximum atomic E-state index is 12.0. The van der Waals surface area contributed by atoms with Crippen molar-refractivity contribution >= 4 is 38.9 Å². The molecule has 0 aliphatic heterocycles. The van der Waals surface area contributed by atoms with Gasteiger partial charge in [0.15, 0.2) is 0 Å². The van der Waals surface area contributed by atoms with E-state index in [1.54, 1.807) is 0 Å². The predicted octanol–water partition coefficient (Wildman–Crippen LogP) is 4.12. The highest BCUT2D eigenvalue weighted by Gasteiger charge is 2.21. The van der Waals surface area contributed by atoms with Crippen molar-refractivity contribution in [3.8, 4) is 0 Å². The second kappa shape index (κ2) is 6.73. The third-order valence-corrected chi connectivity index (χ3v) is 5.16. The van der Waals surface area contributed by atoms with E-state index in [2.05, 4.69) is 38.0 Å². The van der Waals surface area contributed by atoms with Crippen LogP contribution in [0.5, 0.6) is 0 Å². The molecule has 1 unspecified atom stereocenters. The summed E-state index contributed by atoms with van der Waals surface area (Å²) in [6.45, 7) is 0.340. The monoisotopic (exact) mass is 364 g/mol. The Kier molecular flexibility index (Phi) is 4.73. The number of carbonyl (C=O) groups is 1. The van der Waals surface area contributed by atoms with Crippen LogP contribution in [0.25, 0.3) is 0 Å². The number of aryl methyl sites for hydroxylation is 1. The van der Waals surface area contributed by atoms with Crippen molar-refractivity contribution in [1.82, 2.24) is 5.32 Å². The smallest absolute Gasteiger partial charge is 0.238 e. The molecule has 1 aliphatic carbocycles. The van der Waals surface area contributed by atoms with E-state index >= 15 is 0 Å². The highest BCUT2D eigenvalue weighted by atomic mass is 79.9. The van der Waals surface area contributed by atoms with Crippen molar-refractivity contribution in [3.05, 3.63) is 50.6 Å². The van der Waals surface area contributed by atoms with Crippen molar-refractivity contribution in [3.63, 3.8) is 0 Å². The number of anilines is 1. The van der Waals surface area contributed by atoms with E-state index in [4.69, 9.17) is 0 Å². The largest absolute Gasteiger partial charge is 0.325 e. The first kappa shape index (κ1) is 14.8. The zero-order valence-corrected chi connectivity index (χ0v) is 14.0. The van der Waals surface area contributed by atoms with Crippen molar-refractivity contribution in [2.75, 3.05) is 11.9 Å². The van der Waals surface area contributed by atoms with E-state index in [9.17, 15) is 4.79 Å². The maximum Gasteiger partial charge on any atom is 0.238 e. The Bertz CT molecular complexity index is 641. The van der Waals surface area contributed by atoms with Crippen LogP contribution in [0.15, 0.2) is 40.2 Å². The van der Waals surface area contributed by atoms with E-state index in [1.807, 2.05) is 35.6 Å². The summed E-state index contributed by atoms with van der Waals surface area (Å²) in [5.41, 5.74) is 2.19. The number of amides is 1. The minimum Gasteiger partial charge on any atom is -0.325 e. The number of fused-ring (bicyclic) bond motifs is 1. The lowest BCUT2D eigenvalue weighted by molar-refractivity contribution is -0.115. The first-order valence-corrected chi connectivity index (χ1v) is 8.75. The predicted molar refractivity (Wildman–Crippen MR) is 90.8 cm³/mol. The third kappa shape index (κ3) is 3.73. The molecule has 5 heteroatoms. The third-order valence-electron chi connectivity index (χ3n) is 3.67. The summed E-state index contributed by atoms with van der Waals surface area (Å²) in [7, 11) is 0. The summed E-state index contributed by atoms with van der Waals surface area (Å²) in [5, 5.41) is 8.44. The van der Waals surface area contributed by atoms with Gasteiger partial charge in [-0.05, 0) is 54.5 Å². The molecule has 3 nitrogen and oxygen atoms in total. The zero-order valence-electron chi connectivity index (χ0n) is 11.6. The number of benzene rings is 1. The Hall–Kier alpha value is -1.17. The summed E-state index contributed by atoms with van der Waals surface area (Å²) in [6, 6.07) is 10.1. The molecule has 0 saturated carbocycles. The van der Waals surface area contributed by atoms with Crippen molar-refractivity contribution in [1.29, 1.82) is 0 Å². The van der Waals surface area contributed by atoms with Crippen LogP contribution >= 0.6 is 27.3 Å². The number of carbonyl (C=O) groups excluding carboxylic acids is 1. The molecule has 2 N–H and O–H groups in total. The molecule has 1 aromatic carbocycles. The molecule has 0 radical (unpaired) electrons. The first-order chi connectivity index (χ1) is 10.2. The lowest BCUT2D eigenvalue weighted by Gasteiger charge is -2.23. The van der Waals surface area contributed by atoms with Crippen LogP contribution in [0.4, 0.5) is 5.69 Å². The highest BCUT2D eigenvalue weighted by molar-refractivity contribution is 9.10. The SMILES string of the molecule is O=C(CNC1CCCc2sccc21)Nc1cccc(Br)c1. The summed E-state index contributed by atoms with van der Waals surface area (Å²) in [6.07, 6.45) is 3.47. The second-order valence-electron chi connectivity index (χ2n) is 5.18. The summed E-state index contributed by atoms with van der Waals surface area (Å²) < 4.78 is 0.962. The molecule has 110 valence electrons. The number of hydrogen-bond donors (Lipinski definition) is 2. The van der Waals surface area contributed by atoms with Crippen LogP contribution in [0.2, 0.25) is 0 Å². The summed E-state index contributed by atoms with van der Waals surface area (Å²) >= 11 is 5.22. The summed E-state index contributed by atoms with van der Waals surface area (Å²) in [5.74, 6) is -0.00421. The van der Waals surface area contributed by atoms with E-state index in [-0.39, 0.29) is 5.91 Å². The van der Waals surface area contributed by atoms with Gasteiger partial charge in [0, 0.05) is 21.1 Å². The van der Waals surface area contributed by atoms with E-state index in [1.165, 1.54) is 23.3 Å². The molecular weight excluding hydrogens is 348 g/mol. The lowest BCUT2D eigenvalue weighted by atomic mass is 9.94. The second-order valence-corrected chi connectivity index (χ2v) is 7.10. The fraction of sp³-hybridized carbons (Fsp3) is 0.312. The van der Waals surface area contributed by atoms with Gasteiger partial charge in [-0.2, -0.15) is 0 Å². The van der Waals surface area contributed by atoms with Crippen LogP contribution < -0.4 is 10.6 Å². The number of hydrogen-bond acceptors (Lipinski definition) is 3. The summed E-state index contributed by atoms with van der Waals surface area (Å²) in [4.78, 5) is 13.5. The van der Waals surface area contributed by atoms with Gasteiger partial charge >= 0.3 is 0 Å². The molecule has 0 spiro atoms. The number of thiophene rings is 1. The van der Waals surface area contributed by atoms with Crippen LogP contribution in [0, 0.1) is 0 Å². The molecule has 3 rings (SSSR count). The normalized spacial score (nSPS) is 17.3. The van der Waals surface area contributed by atoms with E-state index in [0.29, 0.717) is 12.6 Å². The maximum absolute atomic E-state index is 12.0. The average molecular weight is 365 g/mol. The van der Waals surface area contributed by atoms with E-state index in [0.717, 1.165) is 16.6 Å². The van der Waals surface area contributed by atoms with Crippen LogP contribution in [0.3, 0.4) is 0 Å². The molecule has 1 atom stereocenters. The Balaban J connectivity index is 1.55. The topological polar surface area (TPSA) is 41.1 Å². The Morgan fingerprint density at radius 2 is 2.29 bits per heavy atom. The molecule has 2 aromatic rings. The van der Waals surface area contributed by atoms with Gasteiger partial charge in [-0.15, -0.1) is 11.3 Å². The Morgan fingerprint density at radius 1 is 1.38 bits per heavy atom. The van der Waals surface area contributed by atoms with Gasteiger partial charge in [-0.25, -0.2) is 0 Å². The molecule has 1 heterocycles. The van der Waals surface area contributed by atoms with Gasteiger partial charge in [0.2, 0.25) is 5.91 Å². The highest BCUT2D eigenvalue weighted by Crippen LogP contribution is 2.33. The Labute approximate surface area is 136 Å². The van der Waals surface area contributed by atoms with Gasteiger partial charge in [-0.1, -0.05) is 22.0 Å². The molecule has 0 fully saturated rings.